The Morgan fingerprint density at radius 1 is 0.277 bits per heavy atom. The molecule has 10 radical (unpaired) electrons. The maximum absolute atomic E-state index is 9.10. The van der Waals surface area contributed by atoms with Crippen molar-refractivity contribution in [1.29, 1.82) is 0 Å². The predicted octanol–water partition coefficient (Wildman–Crippen LogP) is -14.8. The summed E-state index contributed by atoms with van der Waals surface area (Å²) < 4.78 is 0. The molecule has 0 aliphatic rings. The third kappa shape index (κ3) is 158. The summed E-state index contributed by atoms with van der Waals surface area (Å²) in [6.07, 6.45) is 3.63. The standard InChI is InChI=1S/C15H10N.C11H8N.10C2H2O4.2CH4.10Ir.6K.6Na.3H2.4H/c1-2-7-13(8-3-1)15-14-9-5-4-6-12(14)10-11-16-15;1-2-6-10(7-3-1)11-8-4-5-9-12-11;10*3-1(4)2(5)6;;;;;;;;;;;;;;;;;;;;;;;;;;;;;;;/h1-7,9-11H;1-6,8-9H;10*(H,3,4)(H,5,6);2*1H4;;;;;;;;;;;;;;;;;;;;;;;3*1H;;;;/q2*-1;;;;;;;;;;;;;;;;;;;;;;;;;;;2*+1;;;;;2*+1;;;;4*-1. The van der Waals surface area contributed by atoms with E-state index in [1.807, 2.05) is 91.1 Å². The smallest absolute Gasteiger partial charge is 0.0167 e. The number of aromatic nitrogens is 2. The number of hydrogen-bond acceptors (Lipinski definition) is 22. The van der Waals surface area contributed by atoms with Crippen LogP contribution in [-0.4, -0.2) is 445 Å². The molecule has 3 aromatic carbocycles. The Labute approximate surface area is 1050 Å². The van der Waals surface area contributed by atoms with Gasteiger partial charge in [0.05, 0.1) is 0 Å². The van der Waals surface area contributed by atoms with Crippen LogP contribution in [0.4, 0.5) is 0 Å². The van der Waals surface area contributed by atoms with Gasteiger partial charge in [-0.05, 0) is 34.3 Å². The molecule has 0 fully saturated rings. The average Bonchev–Trinajstić information content (AvgIpc) is 0.812. The van der Waals surface area contributed by atoms with Crippen LogP contribution >= 0.6 is 0 Å². The molecule has 0 atom stereocenters. The number of aliphatic carboxylic acids is 20. The van der Waals surface area contributed by atoms with Crippen LogP contribution in [0, 0.1) is 12.1 Å². The average molecular weight is 3600 g/mol. The number of carbonyl (C=O) groups is 20. The van der Waals surface area contributed by atoms with E-state index in [1.165, 1.54) is 224 Å². The van der Waals surface area contributed by atoms with Gasteiger partial charge in [-0.25, -0.2) is 95.9 Å². The maximum atomic E-state index is 9.10. The second-order valence-corrected chi connectivity index (χ2v) is 12.3. The van der Waals surface area contributed by atoms with Crippen molar-refractivity contribution >= 4 is 344 Å². The van der Waals surface area contributed by atoms with Gasteiger partial charge in [-0.3, -0.25) is 0 Å². The number of fused-ring (bicyclic) bond motifs is 1. The van der Waals surface area contributed by atoms with Crippen molar-refractivity contribution in [2.75, 3.05) is 0 Å². The van der Waals surface area contributed by atoms with Crippen molar-refractivity contribution in [3.8, 4) is 22.5 Å². The van der Waals surface area contributed by atoms with Gasteiger partial charge in [0, 0.05) is 218 Å². The van der Waals surface area contributed by atoms with Crippen molar-refractivity contribution in [3.05, 3.63) is 122 Å². The van der Waals surface area contributed by atoms with E-state index in [4.69, 9.17) is 198 Å². The fourth-order valence-electron chi connectivity index (χ4n) is 2.95. The van der Waals surface area contributed by atoms with Gasteiger partial charge >= 0.3 is 495 Å². The summed E-state index contributed by atoms with van der Waals surface area (Å²) in [5.74, 6) is -36.5. The Hall–Kier alpha value is 7.93. The zero-order valence-electron chi connectivity index (χ0n) is 61.7. The van der Waals surface area contributed by atoms with Gasteiger partial charge in [-0.1, -0.05) is 51.3 Å². The molecule has 0 saturated heterocycles. The minimum atomic E-state index is -1.82. The first-order valence-electron chi connectivity index (χ1n) is 24.2. The molecule has 602 valence electrons. The Balaban J connectivity index is -0.0000000205. The van der Waals surface area contributed by atoms with Gasteiger partial charge in [0.25, 0.3) is 0 Å². The van der Waals surface area contributed by atoms with Gasteiger partial charge in [0.1, 0.15) is 0 Å². The maximum Gasteiger partial charge on any atom is 0.0167 e. The molecule has 0 amide bonds. The molecule has 20 N–H and O–H groups in total. The Bertz CT molecular complexity index is 2820. The van der Waals surface area contributed by atoms with Gasteiger partial charge in [-0.15, -0.1) is 71.8 Å². The largest absolute Gasteiger partial charge is 0.305 e. The van der Waals surface area contributed by atoms with E-state index in [2.05, 4.69) is 34.2 Å². The van der Waals surface area contributed by atoms with Crippen LogP contribution in [-0.2, 0) is 297 Å². The zero-order chi connectivity index (χ0) is 78.6. The van der Waals surface area contributed by atoms with Crippen LogP contribution in [0.25, 0.3) is 33.3 Å². The number of hydrogen-bond donors (Lipinski definition) is 20. The van der Waals surface area contributed by atoms with E-state index < -0.39 is 119 Å². The van der Waals surface area contributed by atoms with E-state index in [1.54, 1.807) is 6.20 Å². The van der Waals surface area contributed by atoms with Crippen LogP contribution in [0.15, 0.2) is 109 Å². The first-order chi connectivity index (χ1) is 44.3. The summed E-state index contributed by atoms with van der Waals surface area (Å²) in [7, 11) is 0. The van der Waals surface area contributed by atoms with Crippen molar-refractivity contribution in [1.82, 2.24) is 9.97 Å². The molecular formula is C48H56Ir10K6N2Na6O40-2. The van der Waals surface area contributed by atoms with E-state index >= 15 is 0 Å². The second kappa shape index (κ2) is 142. The third-order valence-electron chi connectivity index (χ3n) is 6.12. The SMILES string of the molecule is C.C.O=C(O)C(=O)O.O=C(O)C(=O)O.O=C(O)C(=O)O.O=C(O)C(=O)O.O=C(O)C(=O)O.O=C(O)C(=O)O.O=C(O)C(=O)O.O=C(O)C(=O)O.O=C(O)C(=O)O.O=C(O)C(=O)O.[H-].[H-].[H-].[H-].[HH].[HH].[HH].[Ir].[Ir].[Ir].[Ir].[Ir].[Ir].[Ir].[Ir].[Ir].[Ir].[K+].[K+].[K][K].[K][K].[Na+].[Na+].[Na][Na].[Na][Na].[c-]1ccccc1-c1ccccn1.[c-]1ccccc1-c1nccc2ccccc12. The third-order valence-corrected chi connectivity index (χ3v) is 6.12. The molecule has 0 unspecified atom stereocenters. The first-order valence-corrected chi connectivity index (χ1v) is 72.2. The molecule has 64 heteroatoms. The Morgan fingerprint density at radius 3 is 0.643 bits per heavy atom. The number of pyridine rings is 2. The van der Waals surface area contributed by atoms with Crippen molar-refractivity contribution < 1.29 is 571 Å². The van der Waals surface area contributed by atoms with E-state index in [0.717, 1.165) is 22.5 Å². The van der Waals surface area contributed by atoms with Crippen molar-refractivity contribution in [3.63, 3.8) is 0 Å². The number of carboxylic acid groups (broad SMARTS) is 20. The quantitative estimate of drug-likeness (QED) is 0.0443. The van der Waals surface area contributed by atoms with Crippen LogP contribution in [0.3, 0.4) is 0 Å². The summed E-state index contributed by atoms with van der Waals surface area (Å²) in [5.41, 5.74) is 4.05. The van der Waals surface area contributed by atoms with Gasteiger partial charge in [0.15, 0.2) is 0 Å². The number of rotatable bonds is 2. The summed E-state index contributed by atoms with van der Waals surface area (Å²) >= 11 is 10.8. The minimum Gasteiger partial charge on any atom is -0.305 e. The fraction of sp³-hybridized carbons (Fsp3) is 0.0417. The van der Waals surface area contributed by atoms with E-state index in [9.17, 15) is 0 Å². The number of carboxylic acids is 20. The fourth-order valence-corrected chi connectivity index (χ4v) is 2.95. The first kappa shape index (κ1) is 196. The topological polar surface area (TPSA) is 772 Å². The van der Waals surface area contributed by atoms with Gasteiger partial charge < -0.3 is 118 Å². The zero-order valence-corrected chi connectivity index (χ0v) is 112. The summed E-state index contributed by atoms with van der Waals surface area (Å²) in [4.78, 5) is 191. The second-order valence-electron chi connectivity index (χ2n) is 12.3. The molecule has 5 rings (SSSR count). The monoisotopic (exact) mass is 3600 g/mol. The van der Waals surface area contributed by atoms with Gasteiger partial charge in [0.2, 0.25) is 0 Å². The summed E-state index contributed by atoms with van der Waals surface area (Å²) in [5, 5.41) is 150. The molecule has 0 aliphatic carbocycles. The van der Waals surface area contributed by atoms with E-state index in [0.29, 0.717) is 0 Å². The summed E-state index contributed by atoms with van der Waals surface area (Å²) in [6.45, 7) is 0. The number of nitrogens with zero attached hydrogens (tertiary/aromatic N) is 2. The molecule has 42 nitrogen and oxygen atoms in total. The molecule has 2 aromatic heterocycles. The van der Waals surface area contributed by atoms with Crippen molar-refractivity contribution in [2.24, 2.45) is 0 Å². The predicted molar refractivity (Wildman–Crippen MR) is 338 cm³/mol. The van der Waals surface area contributed by atoms with Crippen LogP contribution in [0.1, 0.15) is 24.8 Å². The molecule has 112 heavy (non-hydrogen) atoms. The van der Waals surface area contributed by atoms with E-state index in [-0.39, 0.29) is 388 Å². The van der Waals surface area contributed by atoms with Crippen LogP contribution in [0.5, 0.6) is 0 Å². The Morgan fingerprint density at radius 2 is 0.464 bits per heavy atom. The van der Waals surface area contributed by atoms with Crippen LogP contribution in [0.2, 0.25) is 0 Å². The summed E-state index contributed by atoms with van der Waals surface area (Å²) in [6, 6.07) is 38.3. The molecule has 0 aliphatic heterocycles. The molecule has 0 saturated carbocycles. The Kier molecular flexibility index (Phi) is 249. The molecular weight excluding hydrogens is 3540 g/mol. The molecule has 2 heterocycles. The normalized spacial score (nSPS) is 6.75. The van der Waals surface area contributed by atoms with Crippen molar-refractivity contribution in [2.45, 2.75) is 14.9 Å². The van der Waals surface area contributed by atoms with Gasteiger partial charge in [-0.2, -0.15) is 0 Å². The molecule has 0 spiro atoms. The number of benzene rings is 3. The molecule has 0 bridgehead atoms. The van der Waals surface area contributed by atoms with Crippen LogP contribution < -0.4 is 162 Å². The molecule has 5 aromatic rings. The minimum absolute atomic E-state index is 0.